The predicted octanol–water partition coefficient (Wildman–Crippen LogP) is 0.557. The Balaban J connectivity index is 2.20. The van der Waals surface area contributed by atoms with E-state index in [-0.39, 0.29) is 35.5 Å². The first-order valence-corrected chi connectivity index (χ1v) is 10.2. The minimum absolute atomic E-state index is 0.0700. The monoisotopic (exact) mass is 405 g/mol. The predicted molar refractivity (Wildman–Crippen MR) is 102 cm³/mol. The molecule has 0 bridgehead atoms. The molecule has 1 aliphatic rings. The van der Waals surface area contributed by atoms with E-state index in [0.717, 1.165) is 4.31 Å². The van der Waals surface area contributed by atoms with Crippen LogP contribution in [0.4, 0.5) is 0 Å². The van der Waals surface area contributed by atoms with Crippen LogP contribution in [0.1, 0.15) is 23.1 Å². The zero-order valence-electron chi connectivity index (χ0n) is 16.3. The summed E-state index contributed by atoms with van der Waals surface area (Å²) in [6.45, 7) is 1.87. The number of imidazole rings is 1. The quantitative estimate of drug-likeness (QED) is 0.741. The molecular weight excluding hydrogens is 382 g/mol. The minimum atomic E-state index is -3.94. The third kappa shape index (κ3) is 3.29. The normalized spacial score (nSPS) is 15.3. The van der Waals surface area contributed by atoms with E-state index in [0.29, 0.717) is 17.9 Å². The zero-order chi connectivity index (χ0) is 20.6. The van der Waals surface area contributed by atoms with E-state index in [4.69, 9.17) is 0 Å². The lowest BCUT2D eigenvalue weighted by atomic mass is 10.2. The zero-order valence-corrected chi connectivity index (χ0v) is 17.1. The van der Waals surface area contributed by atoms with Crippen molar-refractivity contribution in [1.29, 1.82) is 0 Å². The second-order valence-corrected chi connectivity index (χ2v) is 8.66. The number of fused-ring (bicyclic) bond motifs is 3. The standard InChI is InChI=1S/C18H23N5O4S/c1-5-21(4)18(25)17-14-10-22(11-16(24)20(2)3)28(26,27)15-9-7-6-8-13(15)23(14)12-19-17/h6-9,12H,5,10-11H2,1-4H3. The van der Waals surface area contributed by atoms with Gasteiger partial charge in [0.1, 0.15) is 11.2 Å². The molecule has 1 aliphatic heterocycles. The van der Waals surface area contributed by atoms with Crippen LogP contribution < -0.4 is 0 Å². The van der Waals surface area contributed by atoms with Crippen LogP contribution in [0.15, 0.2) is 35.5 Å². The van der Waals surface area contributed by atoms with Gasteiger partial charge in [-0.1, -0.05) is 12.1 Å². The lowest BCUT2D eigenvalue weighted by Gasteiger charge is -2.22. The van der Waals surface area contributed by atoms with Crippen molar-refractivity contribution in [3.8, 4) is 5.69 Å². The summed E-state index contributed by atoms with van der Waals surface area (Å²) in [6, 6.07) is 6.50. The summed E-state index contributed by atoms with van der Waals surface area (Å²) in [5.41, 5.74) is 1.02. The summed E-state index contributed by atoms with van der Waals surface area (Å²) in [5.74, 6) is -0.653. The Morgan fingerprint density at radius 3 is 2.50 bits per heavy atom. The van der Waals surface area contributed by atoms with Crippen LogP contribution in [0.5, 0.6) is 0 Å². The fourth-order valence-electron chi connectivity index (χ4n) is 2.93. The topological polar surface area (TPSA) is 95.8 Å². The van der Waals surface area contributed by atoms with Crippen LogP contribution in [0.25, 0.3) is 5.69 Å². The van der Waals surface area contributed by atoms with E-state index in [1.807, 2.05) is 6.92 Å². The van der Waals surface area contributed by atoms with E-state index < -0.39 is 10.0 Å². The number of sulfonamides is 1. The Bertz CT molecular complexity index is 1030. The number of carbonyl (C=O) groups is 2. The smallest absolute Gasteiger partial charge is 0.274 e. The van der Waals surface area contributed by atoms with E-state index in [1.54, 1.807) is 43.9 Å². The highest BCUT2D eigenvalue weighted by molar-refractivity contribution is 7.89. The lowest BCUT2D eigenvalue weighted by molar-refractivity contribution is -0.128. The molecule has 0 unspecified atom stereocenters. The van der Waals surface area contributed by atoms with Crippen molar-refractivity contribution < 1.29 is 18.0 Å². The largest absolute Gasteiger partial charge is 0.348 e. The molecule has 150 valence electrons. The SMILES string of the molecule is CCN(C)C(=O)c1ncn2c1CN(CC(=O)N(C)C)S(=O)(=O)c1ccccc1-2. The molecule has 2 amide bonds. The fourth-order valence-corrected chi connectivity index (χ4v) is 4.47. The molecule has 0 saturated carbocycles. The molecule has 0 spiro atoms. The van der Waals surface area contributed by atoms with Crippen LogP contribution in [0.3, 0.4) is 0 Å². The summed E-state index contributed by atoms with van der Waals surface area (Å²) in [6.07, 6.45) is 1.46. The molecule has 1 aromatic heterocycles. The average Bonchev–Trinajstić information content (AvgIpc) is 3.05. The summed E-state index contributed by atoms with van der Waals surface area (Å²) in [5, 5.41) is 0. The van der Waals surface area contributed by atoms with Crippen LogP contribution in [0, 0.1) is 0 Å². The molecule has 0 atom stereocenters. The Hall–Kier alpha value is -2.72. The van der Waals surface area contributed by atoms with Gasteiger partial charge in [-0.25, -0.2) is 13.4 Å². The van der Waals surface area contributed by atoms with Gasteiger partial charge in [-0.05, 0) is 19.1 Å². The van der Waals surface area contributed by atoms with Gasteiger partial charge in [-0.2, -0.15) is 4.31 Å². The van der Waals surface area contributed by atoms with Crippen molar-refractivity contribution in [2.24, 2.45) is 0 Å². The van der Waals surface area contributed by atoms with E-state index in [9.17, 15) is 18.0 Å². The van der Waals surface area contributed by atoms with Gasteiger partial charge < -0.3 is 9.80 Å². The molecule has 3 rings (SSSR count). The number of nitrogens with zero attached hydrogens (tertiary/aromatic N) is 5. The molecule has 0 saturated heterocycles. The number of aromatic nitrogens is 2. The van der Waals surface area contributed by atoms with E-state index in [1.165, 1.54) is 22.2 Å². The van der Waals surface area contributed by atoms with Crippen molar-refractivity contribution in [1.82, 2.24) is 23.7 Å². The van der Waals surface area contributed by atoms with Gasteiger partial charge in [-0.3, -0.25) is 14.2 Å². The summed E-state index contributed by atoms with van der Waals surface area (Å²) in [7, 11) is 0.845. The summed E-state index contributed by atoms with van der Waals surface area (Å²) in [4.78, 5) is 32.2. The van der Waals surface area contributed by atoms with E-state index >= 15 is 0 Å². The Kier molecular flexibility index (Phi) is 5.26. The van der Waals surface area contributed by atoms with Gasteiger partial charge >= 0.3 is 0 Å². The van der Waals surface area contributed by atoms with Crippen LogP contribution in [0.2, 0.25) is 0 Å². The van der Waals surface area contributed by atoms with Gasteiger partial charge in [0, 0.05) is 27.7 Å². The van der Waals surface area contributed by atoms with Crippen molar-refractivity contribution in [2.45, 2.75) is 18.4 Å². The first-order chi connectivity index (χ1) is 13.2. The number of hydrogen-bond donors (Lipinski definition) is 0. The Morgan fingerprint density at radius 1 is 1.18 bits per heavy atom. The first kappa shape index (κ1) is 20.0. The highest BCUT2D eigenvalue weighted by atomic mass is 32.2. The molecular formula is C18H23N5O4S. The molecule has 0 radical (unpaired) electrons. The molecule has 2 aromatic rings. The lowest BCUT2D eigenvalue weighted by Crippen LogP contribution is -2.39. The maximum Gasteiger partial charge on any atom is 0.274 e. The number of amides is 2. The number of carbonyl (C=O) groups excluding carboxylic acids is 2. The molecule has 0 fully saturated rings. The highest BCUT2D eigenvalue weighted by Crippen LogP contribution is 2.31. The molecule has 2 heterocycles. The molecule has 28 heavy (non-hydrogen) atoms. The van der Waals surface area contributed by atoms with Crippen LogP contribution in [-0.2, 0) is 21.4 Å². The van der Waals surface area contributed by atoms with Crippen molar-refractivity contribution in [3.05, 3.63) is 42.0 Å². The molecule has 10 heteroatoms. The Morgan fingerprint density at radius 2 is 1.86 bits per heavy atom. The van der Waals surface area contributed by atoms with Gasteiger partial charge in [0.25, 0.3) is 5.91 Å². The first-order valence-electron chi connectivity index (χ1n) is 8.79. The third-order valence-electron chi connectivity index (χ3n) is 4.77. The van der Waals surface area contributed by atoms with Gasteiger partial charge in [0.15, 0.2) is 5.69 Å². The molecule has 0 aliphatic carbocycles. The highest BCUT2D eigenvalue weighted by Gasteiger charge is 2.36. The average molecular weight is 405 g/mol. The van der Waals surface area contributed by atoms with E-state index in [2.05, 4.69) is 4.98 Å². The van der Waals surface area contributed by atoms with Crippen molar-refractivity contribution in [2.75, 3.05) is 34.2 Å². The molecule has 1 aromatic carbocycles. The molecule has 9 nitrogen and oxygen atoms in total. The number of rotatable bonds is 4. The number of hydrogen-bond acceptors (Lipinski definition) is 5. The van der Waals surface area contributed by atoms with Gasteiger partial charge in [0.2, 0.25) is 15.9 Å². The maximum absolute atomic E-state index is 13.2. The third-order valence-corrected chi connectivity index (χ3v) is 6.61. The van der Waals surface area contributed by atoms with Crippen molar-refractivity contribution >= 4 is 21.8 Å². The summed E-state index contributed by atoms with van der Waals surface area (Å²) >= 11 is 0. The molecule has 0 N–H and O–H groups in total. The minimum Gasteiger partial charge on any atom is -0.348 e. The van der Waals surface area contributed by atoms with Crippen LogP contribution in [-0.4, -0.2) is 78.1 Å². The fraction of sp³-hybridized carbons (Fsp3) is 0.389. The van der Waals surface area contributed by atoms with Crippen molar-refractivity contribution in [3.63, 3.8) is 0 Å². The van der Waals surface area contributed by atoms with Crippen LogP contribution >= 0.6 is 0 Å². The summed E-state index contributed by atoms with van der Waals surface area (Å²) < 4.78 is 29.2. The second-order valence-electron chi connectivity index (χ2n) is 6.76. The number of likely N-dealkylation sites (N-methyl/N-ethyl adjacent to an activating group) is 1. The number of benzene rings is 1. The van der Waals surface area contributed by atoms with Gasteiger partial charge in [-0.15, -0.1) is 0 Å². The number of para-hydroxylation sites is 1. The second kappa shape index (κ2) is 7.36. The Labute approximate surface area is 164 Å². The van der Waals surface area contributed by atoms with Gasteiger partial charge in [0.05, 0.1) is 24.5 Å². The maximum atomic E-state index is 13.2.